The fourth-order valence-corrected chi connectivity index (χ4v) is 2.80. The molecular weight excluding hydrogens is 298 g/mol. The number of amides is 2. The van der Waals surface area contributed by atoms with E-state index in [1.165, 1.54) is 11.3 Å². The van der Waals surface area contributed by atoms with Crippen molar-refractivity contribution in [3.63, 3.8) is 0 Å². The molecule has 2 unspecified atom stereocenters. The van der Waals surface area contributed by atoms with Gasteiger partial charge in [0.25, 0.3) is 0 Å². The SMILES string of the molecule is CN(C)CCC(NC(=O)NCC(O)c1ccsc1)C(C)(C)C. The highest BCUT2D eigenvalue weighted by Gasteiger charge is 2.26. The number of urea groups is 1. The Hall–Kier alpha value is -1.11. The molecule has 0 bridgehead atoms. The van der Waals surface area contributed by atoms with Crippen LogP contribution >= 0.6 is 11.3 Å². The Labute approximate surface area is 137 Å². The summed E-state index contributed by atoms with van der Waals surface area (Å²) >= 11 is 1.53. The van der Waals surface area contributed by atoms with Crippen molar-refractivity contribution in [3.8, 4) is 0 Å². The highest BCUT2D eigenvalue weighted by molar-refractivity contribution is 7.07. The average molecular weight is 327 g/mol. The Morgan fingerprint density at radius 1 is 1.41 bits per heavy atom. The van der Waals surface area contributed by atoms with Crippen LogP contribution in [0.1, 0.15) is 38.9 Å². The topological polar surface area (TPSA) is 64.6 Å². The smallest absolute Gasteiger partial charge is 0.315 e. The lowest BCUT2D eigenvalue weighted by molar-refractivity contribution is 0.169. The first-order valence-electron chi connectivity index (χ1n) is 7.59. The van der Waals surface area contributed by atoms with Crippen LogP contribution in [0.4, 0.5) is 4.79 Å². The van der Waals surface area contributed by atoms with Crippen LogP contribution in [0, 0.1) is 5.41 Å². The van der Waals surface area contributed by atoms with E-state index in [-0.39, 0.29) is 24.0 Å². The van der Waals surface area contributed by atoms with Gasteiger partial charge >= 0.3 is 6.03 Å². The second-order valence-electron chi connectivity index (χ2n) is 6.94. The molecule has 1 rings (SSSR count). The maximum atomic E-state index is 12.1. The number of nitrogens with one attached hydrogen (secondary N) is 2. The van der Waals surface area contributed by atoms with Gasteiger partial charge in [-0.1, -0.05) is 20.8 Å². The van der Waals surface area contributed by atoms with Crippen molar-refractivity contribution in [2.45, 2.75) is 39.3 Å². The first-order valence-corrected chi connectivity index (χ1v) is 8.53. The van der Waals surface area contributed by atoms with Gasteiger partial charge in [-0.3, -0.25) is 0 Å². The number of aliphatic hydroxyl groups excluding tert-OH is 1. The lowest BCUT2D eigenvalue weighted by Crippen LogP contribution is -2.49. The predicted octanol–water partition coefficient (Wildman–Crippen LogP) is 2.45. The third kappa shape index (κ3) is 6.77. The molecule has 0 saturated heterocycles. The van der Waals surface area contributed by atoms with Crippen LogP contribution in [0.2, 0.25) is 0 Å². The molecule has 0 aliphatic rings. The fourth-order valence-electron chi connectivity index (χ4n) is 2.09. The molecule has 0 aromatic carbocycles. The van der Waals surface area contributed by atoms with Crippen LogP contribution in [0.25, 0.3) is 0 Å². The summed E-state index contributed by atoms with van der Waals surface area (Å²) in [5, 5.41) is 19.6. The molecule has 0 fully saturated rings. The molecule has 0 aliphatic carbocycles. The summed E-state index contributed by atoms with van der Waals surface area (Å²) < 4.78 is 0. The van der Waals surface area contributed by atoms with Crippen LogP contribution in [-0.2, 0) is 0 Å². The minimum absolute atomic E-state index is 0.0146. The molecule has 1 aromatic rings. The normalized spacial score (nSPS) is 14.7. The lowest BCUT2D eigenvalue weighted by atomic mass is 9.84. The van der Waals surface area contributed by atoms with Gasteiger partial charge in [-0.2, -0.15) is 11.3 Å². The number of nitrogens with zero attached hydrogens (tertiary/aromatic N) is 1. The number of rotatable bonds is 7. The second-order valence-corrected chi connectivity index (χ2v) is 7.72. The minimum Gasteiger partial charge on any atom is -0.387 e. The third-order valence-corrected chi connectivity index (χ3v) is 4.30. The van der Waals surface area contributed by atoms with E-state index in [1.807, 2.05) is 30.9 Å². The zero-order chi connectivity index (χ0) is 16.8. The summed E-state index contributed by atoms with van der Waals surface area (Å²) in [7, 11) is 4.05. The van der Waals surface area contributed by atoms with E-state index in [9.17, 15) is 9.90 Å². The molecule has 3 N–H and O–H groups in total. The summed E-state index contributed by atoms with van der Waals surface area (Å²) in [6, 6.07) is 1.71. The number of carbonyl (C=O) groups is 1. The zero-order valence-corrected chi connectivity index (χ0v) is 15.0. The third-order valence-electron chi connectivity index (χ3n) is 3.60. The van der Waals surface area contributed by atoms with Crippen LogP contribution in [0.15, 0.2) is 16.8 Å². The number of carbonyl (C=O) groups excluding carboxylic acids is 1. The van der Waals surface area contributed by atoms with Crippen molar-refractivity contribution >= 4 is 17.4 Å². The van der Waals surface area contributed by atoms with Crippen LogP contribution in [0.3, 0.4) is 0 Å². The van der Waals surface area contributed by atoms with Gasteiger partial charge in [0.2, 0.25) is 0 Å². The molecule has 0 aliphatic heterocycles. The van der Waals surface area contributed by atoms with Crippen molar-refractivity contribution in [2.24, 2.45) is 5.41 Å². The van der Waals surface area contributed by atoms with Crippen LogP contribution < -0.4 is 10.6 Å². The number of hydrogen-bond acceptors (Lipinski definition) is 4. The van der Waals surface area contributed by atoms with Gasteiger partial charge in [-0.05, 0) is 54.9 Å². The van der Waals surface area contributed by atoms with E-state index in [4.69, 9.17) is 0 Å². The Morgan fingerprint density at radius 2 is 2.09 bits per heavy atom. The quantitative estimate of drug-likeness (QED) is 0.721. The highest BCUT2D eigenvalue weighted by atomic mass is 32.1. The van der Waals surface area contributed by atoms with Crippen LogP contribution in [-0.4, -0.2) is 49.3 Å². The Balaban J connectivity index is 2.45. The molecular formula is C16H29N3O2S. The largest absolute Gasteiger partial charge is 0.387 e. The van der Waals surface area contributed by atoms with Gasteiger partial charge in [0.1, 0.15) is 0 Å². The molecule has 1 heterocycles. The van der Waals surface area contributed by atoms with Crippen molar-refractivity contribution in [1.29, 1.82) is 0 Å². The van der Waals surface area contributed by atoms with Crippen molar-refractivity contribution in [2.75, 3.05) is 27.2 Å². The first-order chi connectivity index (χ1) is 10.2. The molecule has 2 atom stereocenters. The first kappa shape index (κ1) is 18.9. The van der Waals surface area contributed by atoms with Gasteiger partial charge in [0, 0.05) is 12.6 Å². The Kier molecular flexibility index (Phi) is 7.32. The summed E-state index contributed by atoms with van der Waals surface area (Å²) in [5.41, 5.74) is 0.824. The second kappa shape index (κ2) is 8.50. The van der Waals surface area contributed by atoms with Crippen LogP contribution in [0.5, 0.6) is 0 Å². The molecule has 6 heteroatoms. The van der Waals surface area contributed by atoms with Gasteiger partial charge in [0.15, 0.2) is 0 Å². The van der Waals surface area contributed by atoms with Crippen molar-refractivity contribution < 1.29 is 9.90 Å². The minimum atomic E-state index is -0.660. The molecule has 0 saturated carbocycles. The van der Waals surface area contributed by atoms with E-state index in [1.54, 1.807) is 0 Å². The maximum absolute atomic E-state index is 12.1. The zero-order valence-electron chi connectivity index (χ0n) is 14.2. The lowest BCUT2D eigenvalue weighted by Gasteiger charge is -2.32. The van der Waals surface area contributed by atoms with Crippen molar-refractivity contribution in [1.82, 2.24) is 15.5 Å². The molecule has 0 radical (unpaired) electrons. The van der Waals surface area contributed by atoms with E-state index in [0.29, 0.717) is 0 Å². The van der Waals surface area contributed by atoms with Gasteiger partial charge in [-0.25, -0.2) is 4.79 Å². The van der Waals surface area contributed by atoms with E-state index in [2.05, 4.69) is 36.3 Å². The summed E-state index contributed by atoms with van der Waals surface area (Å²) in [5.74, 6) is 0. The maximum Gasteiger partial charge on any atom is 0.315 e. The van der Waals surface area contributed by atoms with E-state index >= 15 is 0 Å². The highest BCUT2D eigenvalue weighted by Crippen LogP contribution is 2.22. The monoisotopic (exact) mass is 327 g/mol. The van der Waals surface area contributed by atoms with E-state index < -0.39 is 6.10 Å². The Bertz CT molecular complexity index is 441. The molecule has 126 valence electrons. The number of thiophene rings is 1. The average Bonchev–Trinajstić information content (AvgIpc) is 2.93. The standard InChI is InChI=1S/C16H29N3O2S/c1-16(2,3)14(6-8-19(4)5)18-15(21)17-10-13(20)12-7-9-22-11-12/h7,9,11,13-14,20H,6,8,10H2,1-5H3,(H2,17,18,21). The van der Waals surface area contributed by atoms with Crippen molar-refractivity contribution in [3.05, 3.63) is 22.4 Å². The fraction of sp³-hybridized carbons (Fsp3) is 0.688. The Morgan fingerprint density at radius 3 is 2.59 bits per heavy atom. The summed E-state index contributed by atoms with van der Waals surface area (Å²) in [4.78, 5) is 14.2. The molecule has 1 aromatic heterocycles. The predicted molar refractivity (Wildman–Crippen MR) is 92.2 cm³/mol. The van der Waals surface area contributed by atoms with Gasteiger partial charge < -0.3 is 20.6 Å². The molecule has 22 heavy (non-hydrogen) atoms. The number of hydrogen-bond donors (Lipinski definition) is 3. The van der Waals surface area contributed by atoms with E-state index in [0.717, 1.165) is 18.5 Å². The number of aliphatic hydroxyl groups is 1. The summed E-state index contributed by atoms with van der Waals surface area (Å²) in [6.45, 7) is 7.49. The van der Waals surface area contributed by atoms with Gasteiger partial charge in [0.05, 0.1) is 6.10 Å². The molecule has 0 spiro atoms. The molecule has 2 amide bonds. The van der Waals surface area contributed by atoms with Gasteiger partial charge in [-0.15, -0.1) is 0 Å². The molecule has 5 nitrogen and oxygen atoms in total. The summed E-state index contributed by atoms with van der Waals surface area (Å²) in [6.07, 6.45) is 0.226.